The molecule has 0 radical (unpaired) electrons. The van der Waals surface area contributed by atoms with Crippen LogP contribution in [0.2, 0.25) is 0 Å². The van der Waals surface area contributed by atoms with Crippen LogP contribution in [0.3, 0.4) is 0 Å². The van der Waals surface area contributed by atoms with Crippen LogP contribution >= 0.6 is 23.5 Å². The summed E-state index contributed by atoms with van der Waals surface area (Å²) in [6, 6.07) is 10.8. The molecule has 2 nitrogen and oxygen atoms in total. The molecule has 0 aromatic heterocycles. The number of rotatable bonds is 18. The van der Waals surface area contributed by atoms with Gasteiger partial charge in [-0.1, -0.05) is 61.1 Å². The highest BCUT2D eigenvalue weighted by molar-refractivity contribution is 8.01. The van der Waals surface area contributed by atoms with E-state index in [1.54, 1.807) is 0 Å². The van der Waals surface area contributed by atoms with Crippen LogP contribution in [0.1, 0.15) is 82.6 Å². The molecular weight excluding hydrogens is 456 g/mol. The van der Waals surface area contributed by atoms with E-state index in [2.05, 4.69) is 78.2 Å². The lowest BCUT2D eigenvalue weighted by Gasteiger charge is -2.29. The van der Waals surface area contributed by atoms with Gasteiger partial charge in [0.05, 0.1) is 0 Å². The first kappa shape index (κ1) is 27.5. The zero-order valence-corrected chi connectivity index (χ0v) is 22.4. The van der Waals surface area contributed by atoms with Gasteiger partial charge in [0.15, 0.2) is 0 Å². The summed E-state index contributed by atoms with van der Waals surface area (Å²) in [6.45, 7) is 0. The number of aliphatic carboxylic acids is 1. The van der Waals surface area contributed by atoms with E-state index in [1.807, 2.05) is 0 Å². The van der Waals surface area contributed by atoms with Gasteiger partial charge < -0.3 is 5.11 Å². The Hall–Kier alpha value is -1.13. The first-order chi connectivity index (χ1) is 16.7. The van der Waals surface area contributed by atoms with Gasteiger partial charge in [-0.05, 0) is 99.5 Å². The smallest absolute Gasteiger partial charge is 0.303 e. The minimum absolute atomic E-state index is 0.292. The third kappa shape index (κ3) is 10.2. The highest BCUT2D eigenvalue weighted by atomic mass is 32.2. The van der Waals surface area contributed by atoms with Crippen LogP contribution < -0.4 is 0 Å². The molecule has 34 heavy (non-hydrogen) atoms. The van der Waals surface area contributed by atoms with Crippen LogP contribution in [0.25, 0.3) is 0 Å². The van der Waals surface area contributed by atoms with E-state index in [1.165, 1.54) is 81.3 Å². The second-order valence-corrected chi connectivity index (χ2v) is 12.6. The minimum Gasteiger partial charge on any atom is -0.481 e. The van der Waals surface area contributed by atoms with Crippen LogP contribution in [-0.2, 0) is 11.2 Å². The van der Waals surface area contributed by atoms with E-state index in [0.29, 0.717) is 6.42 Å². The summed E-state index contributed by atoms with van der Waals surface area (Å²) in [6.07, 6.45) is 24.3. The Balaban J connectivity index is 1.18. The van der Waals surface area contributed by atoms with E-state index in [-0.39, 0.29) is 0 Å². The van der Waals surface area contributed by atoms with Gasteiger partial charge in [0, 0.05) is 16.9 Å². The third-order valence-corrected chi connectivity index (χ3v) is 10.2. The van der Waals surface area contributed by atoms with Crippen molar-refractivity contribution in [3.63, 3.8) is 0 Å². The van der Waals surface area contributed by atoms with E-state index >= 15 is 0 Å². The van der Waals surface area contributed by atoms with Crippen LogP contribution in [0, 0.1) is 11.8 Å². The molecule has 4 atom stereocenters. The lowest BCUT2D eigenvalue weighted by molar-refractivity contribution is -0.137. The predicted octanol–water partition coefficient (Wildman–Crippen LogP) is 8.57. The Kier molecular flexibility index (Phi) is 13.3. The van der Waals surface area contributed by atoms with Gasteiger partial charge in [0.25, 0.3) is 0 Å². The number of benzene rings is 1. The molecule has 2 aliphatic rings. The monoisotopic (exact) mass is 500 g/mol. The molecule has 1 N–H and O–H groups in total. The van der Waals surface area contributed by atoms with Gasteiger partial charge in [-0.3, -0.25) is 4.79 Å². The number of fused-ring (bicyclic) bond motifs is 2. The summed E-state index contributed by atoms with van der Waals surface area (Å²) in [5.41, 5.74) is 1.45. The number of hydrogen-bond acceptors (Lipinski definition) is 3. The van der Waals surface area contributed by atoms with E-state index in [0.717, 1.165) is 35.2 Å². The standard InChI is InChI=1S/C30H44O2S2/c31-30(32)20-11-4-3-10-18-26-27(29-22-21-28(26)34-29)19-12-14-24-33-23-13-5-1-2-7-15-25-16-8-6-9-17-25/h1,3,5-6,8-10,16-17,26-29H,2,4,7,11-15,18-24H2,(H,31,32)/b5-1?,10-3-/t26-,27+,28-,29+/m1/s1. The van der Waals surface area contributed by atoms with Crippen molar-refractivity contribution >= 4 is 29.5 Å². The molecule has 0 aliphatic carbocycles. The average molecular weight is 501 g/mol. The molecule has 4 heteroatoms. The molecule has 2 saturated heterocycles. The number of aryl methyl sites for hydroxylation is 1. The Labute approximate surface area is 216 Å². The van der Waals surface area contributed by atoms with Gasteiger partial charge in [0.2, 0.25) is 0 Å². The Morgan fingerprint density at radius 1 is 0.882 bits per heavy atom. The molecule has 0 spiro atoms. The number of carbonyl (C=O) groups is 1. The number of allylic oxidation sites excluding steroid dienone is 4. The fraction of sp³-hybridized carbons (Fsp3) is 0.633. The highest BCUT2D eigenvalue weighted by Gasteiger charge is 2.46. The molecule has 2 fully saturated rings. The topological polar surface area (TPSA) is 37.3 Å². The number of thioether (sulfide) groups is 2. The van der Waals surface area contributed by atoms with Crippen molar-refractivity contribution in [3.05, 3.63) is 60.2 Å². The third-order valence-electron chi connectivity index (χ3n) is 7.28. The maximum atomic E-state index is 10.6. The lowest BCUT2D eigenvalue weighted by Crippen LogP contribution is -2.26. The normalized spacial score (nSPS) is 24.0. The number of hydrogen-bond donors (Lipinski definition) is 1. The van der Waals surface area contributed by atoms with Crippen LogP contribution in [0.15, 0.2) is 54.6 Å². The molecule has 3 rings (SSSR count). The highest BCUT2D eigenvalue weighted by Crippen LogP contribution is 2.55. The van der Waals surface area contributed by atoms with Crippen LogP contribution in [-0.4, -0.2) is 33.1 Å². The van der Waals surface area contributed by atoms with E-state index in [9.17, 15) is 4.79 Å². The predicted molar refractivity (Wildman–Crippen MR) is 151 cm³/mol. The summed E-state index contributed by atoms with van der Waals surface area (Å²) in [4.78, 5) is 10.6. The Morgan fingerprint density at radius 3 is 2.44 bits per heavy atom. The fourth-order valence-corrected chi connectivity index (χ4v) is 8.44. The fourth-order valence-electron chi connectivity index (χ4n) is 5.48. The molecular formula is C30H44O2S2. The zero-order chi connectivity index (χ0) is 23.8. The van der Waals surface area contributed by atoms with Crippen molar-refractivity contribution in [2.75, 3.05) is 11.5 Å². The van der Waals surface area contributed by atoms with Gasteiger partial charge in [-0.2, -0.15) is 23.5 Å². The van der Waals surface area contributed by atoms with Crippen molar-refractivity contribution in [3.8, 4) is 0 Å². The summed E-state index contributed by atoms with van der Waals surface area (Å²) in [5, 5.41) is 10.5. The molecule has 188 valence electrons. The average Bonchev–Trinajstić information content (AvgIpc) is 3.44. The maximum Gasteiger partial charge on any atom is 0.303 e. The van der Waals surface area contributed by atoms with Crippen molar-refractivity contribution < 1.29 is 9.90 Å². The van der Waals surface area contributed by atoms with Crippen molar-refractivity contribution in [1.82, 2.24) is 0 Å². The molecule has 0 saturated carbocycles. The number of carboxylic acid groups (broad SMARTS) is 1. The maximum absolute atomic E-state index is 10.6. The number of carboxylic acids is 1. The van der Waals surface area contributed by atoms with E-state index in [4.69, 9.17) is 5.11 Å². The van der Waals surface area contributed by atoms with Crippen molar-refractivity contribution in [1.29, 1.82) is 0 Å². The van der Waals surface area contributed by atoms with Crippen molar-refractivity contribution in [2.45, 2.75) is 94.0 Å². The Bertz CT molecular complexity index is 745. The van der Waals surface area contributed by atoms with E-state index < -0.39 is 5.97 Å². The summed E-state index contributed by atoms with van der Waals surface area (Å²) in [7, 11) is 0. The largest absolute Gasteiger partial charge is 0.481 e. The molecule has 0 unspecified atom stereocenters. The molecule has 2 heterocycles. The van der Waals surface area contributed by atoms with Gasteiger partial charge >= 0.3 is 5.97 Å². The van der Waals surface area contributed by atoms with Gasteiger partial charge in [-0.15, -0.1) is 0 Å². The Morgan fingerprint density at radius 2 is 1.62 bits per heavy atom. The number of unbranched alkanes of at least 4 members (excludes halogenated alkanes) is 3. The van der Waals surface area contributed by atoms with Crippen LogP contribution in [0.4, 0.5) is 0 Å². The second-order valence-electron chi connectivity index (χ2n) is 9.86. The molecule has 2 bridgehead atoms. The van der Waals surface area contributed by atoms with Crippen LogP contribution in [0.5, 0.6) is 0 Å². The van der Waals surface area contributed by atoms with Gasteiger partial charge in [0.1, 0.15) is 0 Å². The molecule has 1 aromatic rings. The molecule has 0 amide bonds. The SMILES string of the molecule is O=C(O)CCC/C=C\C[C@@H]1[C@H](CCCCSCCC=CCCCc2ccccc2)[C@@H]2CC[C@H]1S2. The second kappa shape index (κ2) is 16.5. The summed E-state index contributed by atoms with van der Waals surface area (Å²) < 4.78 is 0. The molecule has 1 aromatic carbocycles. The quantitative estimate of drug-likeness (QED) is 0.162. The lowest BCUT2D eigenvalue weighted by atomic mass is 9.75. The minimum atomic E-state index is -0.679. The summed E-state index contributed by atoms with van der Waals surface area (Å²) >= 11 is 4.40. The van der Waals surface area contributed by atoms with Gasteiger partial charge in [-0.25, -0.2) is 0 Å². The first-order valence-electron chi connectivity index (χ1n) is 13.5. The molecule has 2 aliphatic heterocycles. The van der Waals surface area contributed by atoms with Crippen molar-refractivity contribution in [2.24, 2.45) is 11.8 Å². The first-order valence-corrected chi connectivity index (χ1v) is 15.6. The summed E-state index contributed by atoms with van der Waals surface area (Å²) in [5.74, 6) is 3.66. The zero-order valence-electron chi connectivity index (χ0n) is 20.8.